The Kier molecular flexibility index (Phi) is 6.64. The lowest BCUT2D eigenvalue weighted by Crippen LogP contribution is -2.39. The maximum atomic E-state index is 11.1. The third kappa shape index (κ3) is 6.14. The molecule has 5 N–H and O–H groups in total. The van der Waals surface area contributed by atoms with Crippen LogP contribution in [0.3, 0.4) is 0 Å². The van der Waals surface area contributed by atoms with E-state index in [0.29, 0.717) is 11.7 Å². The van der Waals surface area contributed by atoms with E-state index in [0.717, 1.165) is 16.6 Å². The normalized spacial score (nSPS) is 10.7. The number of halogens is 1. The van der Waals surface area contributed by atoms with Crippen LogP contribution < -0.4 is 21.7 Å². The highest BCUT2D eigenvalue weighted by molar-refractivity contribution is 9.10. The van der Waals surface area contributed by atoms with Crippen LogP contribution in [0.5, 0.6) is 0 Å². The fourth-order valence-corrected chi connectivity index (χ4v) is 2.31. The van der Waals surface area contributed by atoms with Gasteiger partial charge < -0.3 is 21.7 Å². The van der Waals surface area contributed by atoms with Crippen LogP contribution in [-0.2, 0) is 16.1 Å². The zero-order valence-electron chi connectivity index (χ0n) is 12.2. The Balaban J connectivity index is 2.91. The standard InChI is InChI=1S/C14H21BrN4O2/c1-9(2)18-6-10-3-4-11(5-12(10)15)19(7-13(16)20)8-14(17)21/h3-5,9,18H,6-8H2,1-2H3,(H2,16,20)(H2,17,21). The Morgan fingerprint density at radius 2 is 1.81 bits per heavy atom. The van der Waals surface area contributed by atoms with Crippen molar-refractivity contribution in [3.8, 4) is 0 Å². The van der Waals surface area contributed by atoms with E-state index in [4.69, 9.17) is 11.5 Å². The minimum atomic E-state index is -0.516. The van der Waals surface area contributed by atoms with Gasteiger partial charge in [-0.2, -0.15) is 0 Å². The van der Waals surface area contributed by atoms with Crippen LogP contribution in [0.15, 0.2) is 22.7 Å². The predicted molar refractivity (Wildman–Crippen MR) is 86.7 cm³/mol. The lowest BCUT2D eigenvalue weighted by atomic mass is 10.2. The molecule has 116 valence electrons. The van der Waals surface area contributed by atoms with E-state index in [1.807, 2.05) is 18.2 Å². The molecule has 2 amide bonds. The summed E-state index contributed by atoms with van der Waals surface area (Å²) in [5, 5.41) is 3.32. The first kappa shape index (κ1) is 17.5. The third-order valence-electron chi connectivity index (χ3n) is 2.80. The minimum absolute atomic E-state index is 0.0566. The monoisotopic (exact) mass is 356 g/mol. The van der Waals surface area contributed by atoms with Gasteiger partial charge in [-0.3, -0.25) is 9.59 Å². The Bertz CT molecular complexity index is 504. The maximum absolute atomic E-state index is 11.1. The second-order valence-corrected chi connectivity index (χ2v) is 5.95. The average Bonchev–Trinajstić information content (AvgIpc) is 2.35. The lowest BCUT2D eigenvalue weighted by Gasteiger charge is -2.22. The number of nitrogens with two attached hydrogens (primary N) is 2. The fraction of sp³-hybridized carbons (Fsp3) is 0.429. The Hall–Kier alpha value is -1.60. The lowest BCUT2D eigenvalue weighted by molar-refractivity contribution is -0.117. The van der Waals surface area contributed by atoms with Crippen molar-refractivity contribution in [1.29, 1.82) is 0 Å². The van der Waals surface area contributed by atoms with Gasteiger partial charge in [0.25, 0.3) is 0 Å². The van der Waals surface area contributed by atoms with Crippen molar-refractivity contribution in [2.45, 2.75) is 26.4 Å². The van der Waals surface area contributed by atoms with Crippen LogP contribution in [0.1, 0.15) is 19.4 Å². The van der Waals surface area contributed by atoms with Crippen LogP contribution in [-0.4, -0.2) is 30.9 Å². The van der Waals surface area contributed by atoms with E-state index in [-0.39, 0.29) is 13.1 Å². The number of rotatable bonds is 8. The summed E-state index contributed by atoms with van der Waals surface area (Å²) in [5.74, 6) is -1.03. The highest BCUT2D eigenvalue weighted by Crippen LogP contribution is 2.24. The molecule has 6 nitrogen and oxygen atoms in total. The molecule has 0 heterocycles. The largest absolute Gasteiger partial charge is 0.368 e. The number of primary amides is 2. The predicted octanol–water partition coefficient (Wildman–Crippen LogP) is 0.724. The number of carbonyl (C=O) groups excluding carboxylic acids is 2. The molecule has 0 radical (unpaired) electrons. The molecule has 0 aliphatic heterocycles. The van der Waals surface area contributed by atoms with Gasteiger partial charge in [-0.05, 0) is 17.7 Å². The Labute approximate surface area is 133 Å². The number of hydrogen-bond donors (Lipinski definition) is 3. The van der Waals surface area contributed by atoms with Crippen molar-refractivity contribution >= 4 is 33.4 Å². The van der Waals surface area contributed by atoms with Gasteiger partial charge in [0, 0.05) is 22.7 Å². The van der Waals surface area contributed by atoms with Crippen molar-refractivity contribution in [3.05, 3.63) is 28.2 Å². The quantitative estimate of drug-likeness (QED) is 0.638. The van der Waals surface area contributed by atoms with Crippen molar-refractivity contribution in [2.75, 3.05) is 18.0 Å². The van der Waals surface area contributed by atoms with E-state index in [2.05, 4.69) is 35.1 Å². The van der Waals surface area contributed by atoms with Crippen molar-refractivity contribution in [3.63, 3.8) is 0 Å². The van der Waals surface area contributed by atoms with Gasteiger partial charge in [0.1, 0.15) is 0 Å². The molecule has 21 heavy (non-hydrogen) atoms. The molecule has 0 saturated heterocycles. The molecule has 0 atom stereocenters. The summed E-state index contributed by atoms with van der Waals surface area (Å²) in [6.45, 7) is 4.76. The van der Waals surface area contributed by atoms with Gasteiger partial charge in [-0.25, -0.2) is 0 Å². The first-order chi connectivity index (χ1) is 9.79. The first-order valence-electron chi connectivity index (χ1n) is 6.63. The summed E-state index contributed by atoms with van der Waals surface area (Å²) in [4.78, 5) is 23.8. The number of anilines is 1. The van der Waals surface area contributed by atoms with Crippen LogP contribution in [0.4, 0.5) is 5.69 Å². The second kappa shape index (κ2) is 7.99. The second-order valence-electron chi connectivity index (χ2n) is 5.10. The Morgan fingerprint density at radius 1 is 1.24 bits per heavy atom. The average molecular weight is 357 g/mol. The zero-order valence-corrected chi connectivity index (χ0v) is 13.8. The van der Waals surface area contributed by atoms with E-state index in [1.54, 1.807) is 4.90 Å². The molecule has 0 bridgehead atoms. The molecular formula is C14H21BrN4O2. The van der Waals surface area contributed by atoms with Gasteiger partial charge in [0.2, 0.25) is 11.8 Å². The number of amides is 2. The molecule has 1 rings (SSSR count). The molecule has 1 aromatic rings. The molecule has 1 aromatic carbocycles. The van der Waals surface area contributed by atoms with Gasteiger partial charge in [-0.15, -0.1) is 0 Å². The number of nitrogens with one attached hydrogen (secondary N) is 1. The minimum Gasteiger partial charge on any atom is -0.368 e. The van der Waals surface area contributed by atoms with Gasteiger partial charge in [0.15, 0.2) is 0 Å². The summed E-state index contributed by atoms with van der Waals surface area (Å²) in [6.07, 6.45) is 0. The highest BCUT2D eigenvalue weighted by atomic mass is 79.9. The highest BCUT2D eigenvalue weighted by Gasteiger charge is 2.13. The molecule has 0 unspecified atom stereocenters. The number of carbonyl (C=O) groups is 2. The van der Waals surface area contributed by atoms with Gasteiger partial charge >= 0.3 is 0 Å². The molecule has 7 heteroatoms. The van der Waals surface area contributed by atoms with E-state index in [9.17, 15) is 9.59 Å². The van der Waals surface area contributed by atoms with E-state index < -0.39 is 11.8 Å². The SMILES string of the molecule is CC(C)NCc1ccc(N(CC(N)=O)CC(N)=O)cc1Br. The zero-order chi connectivity index (χ0) is 16.0. The summed E-state index contributed by atoms with van der Waals surface area (Å²) in [7, 11) is 0. The van der Waals surface area contributed by atoms with Gasteiger partial charge in [-0.1, -0.05) is 35.8 Å². The molecule has 0 fully saturated rings. The van der Waals surface area contributed by atoms with Crippen molar-refractivity contribution in [1.82, 2.24) is 5.32 Å². The summed E-state index contributed by atoms with van der Waals surface area (Å²) >= 11 is 3.50. The number of nitrogens with zero attached hydrogens (tertiary/aromatic N) is 1. The summed E-state index contributed by atoms with van der Waals surface area (Å²) in [6, 6.07) is 6.01. The van der Waals surface area contributed by atoms with E-state index >= 15 is 0 Å². The van der Waals surface area contributed by atoms with Crippen LogP contribution in [0.25, 0.3) is 0 Å². The molecule has 0 spiro atoms. The smallest absolute Gasteiger partial charge is 0.236 e. The summed E-state index contributed by atoms with van der Waals surface area (Å²) < 4.78 is 0.895. The molecule has 0 aliphatic rings. The maximum Gasteiger partial charge on any atom is 0.236 e. The third-order valence-corrected chi connectivity index (χ3v) is 3.53. The molecule has 0 aliphatic carbocycles. The molecule has 0 aromatic heterocycles. The molecular weight excluding hydrogens is 336 g/mol. The summed E-state index contributed by atoms with van der Waals surface area (Å²) in [5.41, 5.74) is 12.2. The van der Waals surface area contributed by atoms with E-state index in [1.165, 1.54) is 0 Å². The van der Waals surface area contributed by atoms with Crippen LogP contribution in [0, 0.1) is 0 Å². The number of benzene rings is 1. The molecule has 0 saturated carbocycles. The van der Waals surface area contributed by atoms with Gasteiger partial charge in [0.05, 0.1) is 13.1 Å². The van der Waals surface area contributed by atoms with Crippen molar-refractivity contribution < 1.29 is 9.59 Å². The Morgan fingerprint density at radius 3 is 2.24 bits per heavy atom. The van der Waals surface area contributed by atoms with Crippen LogP contribution in [0.2, 0.25) is 0 Å². The first-order valence-corrected chi connectivity index (χ1v) is 7.42. The van der Waals surface area contributed by atoms with Crippen LogP contribution >= 0.6 is 15.9 Å². The topological polar surface area (TPSA) is 101 Å². The van der Waals surface area contributed by atoms with Crippen molar-refractivity contribution in [2.24, 2.45) is 11.5 Å². The fourth-order valence-electron chi connectivity index (χ4n) is 1.81. The number of hydrogen-bond acceptors (Lipinski definition) is 4.